The van der Waals surface area contributed by atoms with Gasteiger partial charge in [-0.1, -0.05) is 114 Å². The molecule has 0 N–H and O–H groups in total. The third-order valence-corrected chi connectivity index (χ3v) is 4.94. The summed E-state index contributed by atoms with van der Waals surface area (Å²) in [7, 11) is 0. The number of halogens is 3. The van der Waals surface area contributed by atoms with Crippen LogP contribution in [0.1, 0.15) is 72.6 Å². The fourth-order valence-electron chi connectivity index (χ4n) is 2.22. The zero-order valence-electron chi connectivity index (χ0n) is 11.7. The maximum absolute atomic E-state index is 3.71. The Morgan fingerprint density at radius 1 is 0.824 bits per heavy atom. The molecule has 3 heteroatoms. The Kier molecular flexibility index (Phi) is 9.31. The van der Waals surface area contributed by atoms with Crippen molar-refractivity contribution in [1.82, 2.24) is 0 Å². The molecule has 0 radical (unpaired) electrons. The number of alkyl halides is 3. The van der Waals surface area contributed by atoms with Crippen molar-refractivity contribution in [2.24, 2.45) is 11.3 Å². The van der Waals surface area contributed by atoms with E-state index in [1.165, 1.54) is 44.9 Å². The summed E-state index contributed by atoms with van der Waals surface area (Å²) in [6.07, 6.45) is 9.48. The van der Waals surface area contributed by atoms with Gasteiger partial charge in [-0.2, -0.15) is 0 Å². The predicted molar refractivity (Wildman–Crippen MR) is 90.5 cm³/mol. The van der Waals surface area contributed by atoms with Gasteiger partial charge in [0, 0.05) is 0 Å². The summed E-state index contributed by atoms with van der Waals surface area (Å²) in [5, 5.41) is 0. The van der Waals surface area contributed by atoms with Crippen molar-refractivity contribution in [2.75, 3.05) is 0 Å². The van der Waals surface area contributed by atoms with Gasteiger partial charge in [-0.05, 0) is 17.8 Å². The fourth-order valence-corrected chi connectivity index (χ4v) is 4.96. The van der Waals surface area contributed by atoms with E-state index >= 15 is 0 Å². The third kappa shape index (κ3) is 9.04. The SMILES string of the molecule is CCCCCCCCC(C(C)(C)C)C(Br)(Br)Br. The highest BCUT2D eigenvalue weighted by molar-refractivity contribution is 9.39. The molecular weight excluding hydrogens is 408 g/mol. The van der Waals surface area contributed by atoms with E-state index in [1.807, 2.05) is 0 Å². The first kappa shape index (κ1) is 18.4. The minimum Gasteiger partial charge on any atom is -0.0654 e. The zero-order valence-corrected chi connectivity index (χ0v) is 16.4. The van der Waals surface area contributed by atoms with Crippen LogP contribution < -0.4 is 0 Å². The zero-order chi connectivity index (χ0) is 13.5. The molecule has 0 aliphatic heterocycles. The van der Waals surface area contributed by atoms with Gasteiger partial charge in [-0.15, -0.1) is 0 Å². The molecule has 104 valence electrons. The summed E-state index contributed by atoms with van der Waals surface area (Å²) in [5.41, 5.74) is 0.305. The van der Waals surface area contributed by atoms with E-state index < -0.39 is 0 Å². The lowest BCUT2D eigenvalue weighted by Crippen LogP contribution is -2.31. The highest BCUT2D eigenvalue weighted by Gasteiger charge is 2.38. The molecule has 0 spiro atoms. The Hall–Kier alpha value is 1.44. The van der Waals surface area contributed by atoms with Crippen molar-refractivity contribution in [3.63, 3.8) is 0 Å². The molecule has 1 unspecified atom stereocenters. The fraction of sp³-hybridized carbons (Fsp3) is 1.00. The molecule has 0 aliphatic rings. The number of hydrogen-bond donors (Lipinski definition) is 0. The maximum Gasteiger partial charge on any atom is 0.138 e. The van der Waals surface area contributed by atoms with Crippen LogP contribution in [-0.2, 0) is 0 Å². The van der Waals surface area contributed by atoms with E-state index in [-0.39, 0.29) is 2.14 Å². The molecule has 0 aromatic carbocycles. The number of hydrogen-bond acceptors (Lipinski definition) is 0. The quantitative estimate of drug-likeness (QED) is 0.292. The summed E-state index contributed by atoms with van der Waals surface area (Å²) >= 11 is 11.1. The van der Waals surface area contributed by atoms with Crippen LogP contribution in [0.4, 0.5) is 0 Å². The van der Waals surface area contributed by atoms with Crippen molar-refractivity contribution in [2.45, 2.75) is 74.8 Å². The second-order valence-electron chi connectivity index (χ2n) is 6.02. The van der Waals surface area contributed by atoms with Crippen LogP contribution in [0, 0.1) is 11.3 Å². The first-order chi connectivity index (χ1) is 7.69. The summed E-state index contributed by atoms with van der Waals surface area (Å²) < 4.78 is -0.116. The third-order valence-electron chi connectivity index (χ3n) is 3.29. The van der Waals surface area contributed by atoms with Crippen LogP contribution in [0.5, 0.6) is 0 Å². The van der Waals surface area contributed by atoms with Crippen LogP contribution in [0.2, 0.25) is 0 Å². The van der Waals surface area contributed by atoms with E-state index in [9.17, 15) is 0 Å². The van der Waals surface area contributed by atoms with Crippen LogP contribution in [0.25, 0.3) is 0 Å². The van der Waals surface area contributed by atoms with E-state index in [1.54, 1.807) is 0 Å². The average Bonchev–Trinajstić information content (AvgIpc) is 2.12. The van der Waals surface area contributed by atoms with Gasteiger partial charge >= 0.3 is 0 Å². The molecular formula is C14H27Br3. The molecule has 0 heterocycles. The van der Waals surface area contributed by atoms with Crippen molar-refractivity contribution in [3.05, 3.63) is 0 Å². The van der Waals surface area contributed by atoms with Gasteiger partial charge in [0.15, 0.2) is 0 Å². The van der Waals surface area contributed by atoms with E-state index in [4.69, 9.17) is 0 Å². The molecule has 17 heavy (non-hydrogen) atoms. The Morgan fingerprint density at radius 3 is 1.71 bits per heavy atom. The first-order valence-corrected chi connectivity index (χ1v) is 9.14. The van der Waals surface area contributed by atoms with Gasteiger partial charge in [0.1, 0.15) is 2.14 Å². The van der Waals surface area contributed by atoms with Gasteiger partial charge < -0.3 is 0 Å². The smallest absolute Gasteiger partial charge is 0.0654 e. The average molecular weight is 435 g/mol. The topological polar surface area (TPSA) is 0 Å². The molecule has 0 nitrogen and oxygen atoms in total. The number of unbranched alkanes of at least 4 members (excludes halogenated alkanes) is 5. The molecule has 0 aliphatic carbocycles. The molecule has 0 aromatic rings. The standard InChI is InChI=1S/C14H27Br3/c1-5-6-7-8-9-10-11-12(13(2,3)4)14(15,16)17/h12H,5-11H2,1-4H3. The molecule has 0 saturated carbocycles. The molecule has 0 aromatic heterocycles. The summed E-state index contributed by atoms with van der Waals surface area (Å²) in [6, 6.07) is 0. The van der Waals surface area contributed by atoms with Crippen LogP contribution in [-0.4, -0.2) is 2.14 Å². The van der Waals surface area contributed by atoms with Crippen LogP contribution in [0.15, 0.2) is 0 Å². The van der Waals surface area contributed by atoms with Gasteiger partial charge in [0.2, 0.25) is 0 Å². The lowest BCUT2D eigenvalue weighted by molar-refractivity contribution is 0.234. The molecule has 0 bridgehead atoms. The van der Waals surface area contributed by atoms with Gasteiger partial charge in [-0.25, -0.2) is 0 Å². The van der Waals surface area contributed by atoms with Gasteiger partial charge in [0.25, 0.3) is 0 Å². The minimum absolute atomic E-state index is 0.116. The first-order valence-electron chi connectivity index (χ1n) is 6.76. The minimum atomic E-state index is -0.116. The molecule has 0 saturated heterocycles. The molecule has 0 rings (SSSR count). The summed E-state index contributed by atoms with van der Waals surface area (Å²) in [6.45, 7) is 9.21. The van der Waals surface area contributed by atoms with E-state index in [0.29, 0.717) is 11.3 Å². The lowest BCUT2D eigenvalue weighted by atomic mass is 9.79. The van der Waals surface area contributed by atoms with Crippen LogP contribution >= 0.6 is 47.8 Å². The van der Waals surface area contributed by atoms with Crippen molar-refractivity contribution >= 4 is 47.8 Å². The largest absolute Gasteiger partial charge is 0.138 e. The Morgan fingerprint density at radius 2 is 1.29 bits per heavy atom. The van der Waals surface area contributed by atoms with Crippen molar-refractivity contribution in [3.8, 4) is 0 Å². The second-order valence-corrected chi connectivity index (χ2v) is 13.0. The monoisotopic (exact) mass is 432 g/mol. The van der Waals surface area contributed by atoms with E-state index in [0.717, 1.165) is 0 Å². The van der Waals surface area contributed by atoms with Crippen molar-refractivity contribution in [1.29, 1.82) is 0 Å². The lowest BCUT2D eigenvalue weighted by Gasteiger charge is -2.37. The Balaban J connectivity index is 3.95. The van der Waals surface area contributed by atoms with E-state index in [2.05, 4.69) is 75.5 Å². The second kappa shape index (κ2) is 8.58. The normalized spacial score (nSPS) is 15.0. The summed E-state index contributed by atoms with van der Waals surface area (Å²) in [5.74, 6) is 0.584. The van der Waals surface area contributed by atoms with Gasteiger partial charge in [-0.3, -0.25) is 0 Å². The Bertz CT molecular complexity index is 175. The highest BCUT2D eigenvalue weighted by Crippen LogP contribution is 2.51. The predicted octanol–water partition coefficient (Wildman–Crippen LogP) is 7.24. The summed E-state index contributed by atoms with van der Waals surface area (Å²) in [4.78, 5) is 0. The van der Waals surface area contributed by atoms with Crippen LogP contribution in [0.3, 0.4) is 0 Å². The van der Waals surface area contributed by atoms with Crippen molar-refractivity contribution < 1.29 is 0 Å². The maximum atomic E-state index is 3.71. The molecule has 0 fully saturated rings. The molecule has 0 amide bonds. The highest BCUT2D eigenvalue weighted by atomic mass is 80.0. The van der Waals surface area contributed by atoms with Gasteiger partial charge in [0.05, 0.1) is 0 Å². The Labute approximate surface area is 133 Å². The molecule has 1 atom stereocenters. The number of rotatable bonds is 7.